The zero-order valence-corrected chi connectivity index (χ0v) is 13.0. The molecule has 1 unspecified atom stereocenters. The van der Waals surface area contributed by atoms with Crippen molar-refractivity contribution in [2.24, 2.45) is 14.1 Å². The molecule has 0 aliphatic rings. The summed E-state index contributed by atoms with van der Waals surface area (Å²) in [5.74, 6) is -0.456. The van der Waals surface area contributed by atoms with Gasteiger partial charge in [0.25, 0.3) is 11.6 Å². The van der Waals surface area contributed by atoms with Gasteiger partial charge in [-0.05, 0) is 6.92 Å². The first kappa shape index (κ1) is 16.3. The first-order chi connectivity index (χ1) is 10.2. The van der Waals surface area contributed by atoms with Gasteiger partial charge in [-0.2, -0.15) is 8.78 Å². The van der Waals surface area contributed by atoms with Crippen LogP contribution in [0.15, 0.2) is 27.6 Å². The number of aromatic nitrogens is 4. The maximum Gasteiger partial charge on any atom is 0.332 e. The topological polar surface area (TPSA) is 78.9 Å². The second kappa shape index (κ2) is 5.95. The highest BCUT2D eigenvalue weighted by molar-refractivity contribution is 7.84. The fraction of sp³-hybridized carbons (Fsp3) is 0.417. The van der Waals surface area contributed by atoms with Gasteiger partial charge in [-0.3, -0.25) is 18.1 Å². The maximum absolute atomic E-state index is 12.4. The number of aryl methyl sites for hydroxylation is 1. The third kappa shape index (κ3) is 2.78. The Hall–Kier alpha value is -2.10. The molecule has 7 nitrogen and oxygen atoms in total. The predicted octanol–water partition coefficient (Wildman–Crippen LogP) is 0.310. The minimum absolute atomic E-state index is 0.111. The van der Waals surface area contributed by atoms with E-state index in [1.807, 2.05) is 0 Å². The Morgan fingerprint density at radius 1 is 1.27 bits per heavy atom. The number of fused-ring (bicyclic) bond motifs is 1. The SMILES string of the molecule is CC(CS(=O)Cn1cnc2c1c(=O)n(C)c(=O)n2C)=C(F)F. The van der Waals surface area contributed by atoms with E-state index < -0.39 is 28.1 Å². The normalized spacial score (nSPS) is 12.6. The molecule has 2 heterocycles. The molecule has 0 bridgehead atoms. The van der Waals surface area contributed by atoms with E-state index in [0.717, 1.165) is 4.57 Å². The van der Waals surface area contributed by atoms with Crippen molar-refractivity contribution in [2.45, 2.75) is 12.8 Å². The van der Waals surface area contributed by atoms with Crippen LogP contribution in [0, 0.1) is 0 Å². The van der Waals surface area contributed by atoms with Crippen LogP contribution < -0.4 is 11.2 Å². The molecule has 0 aliphatic heterocycles. The number of imidazole rings is 1. The van der Waals surface area contributed by atoms with Crippen molar-refractivity contribution in [3.8, 4) is 0 Å². The molecule has 0 radical (unpaired) electrons. The highest BCUT2D eigenvalue weighted by Crippen LogP contribution is 2.11. The summed E-state index contributed by atoms with van der Waals surface area (Å²) in [6, 6.07) is 0. The Morgan fingerprint density at radius 2 is 1.91 bits per heavy atom. The lowest BCUT2D eigenvalue weighted by Crippen LogP contribution is -2.37. The first-order valence-electron chi connectivity index (χ1n) is 6.20. The summed E-state index contributed by atoms with van der Waals surface area (Å²) in [4.78, 5) is 27.9. The Balaban J connectivity index is 2.47. The van der Waals surface area contributed by atoms with Crippen molar-refractivity contribution >= 4 is 22.0 Å². The van der Waals surface area contributed by atoms with Crippen LogP contribution in [0.1, 0.15) is 6.92 Å². The lowest BCUT2D eigenvalue weighted by atomic mass is 10.4. The van der Waals surface area contributed by atoms with Gasteiger partial charge in [0, 0.05) is 30.5 Å². The van der Waals surface area contributed by atoms with Gasteiger partial charge in [-0.1, -0.05) is 0 Å². The maximum atomic E-state index is 12.4. The quantitative estimate of drug-likeness (QED) is 0.807. The molecule has 1 atom stereocenters. The molecule has 22 heavy (non-hydrogen) atoms. The molecule has 0 spiro atoms. The number of hydrogen-bond donors (Lipinski definition) is 0. The predicted molar refractivity (Wildman–Crippen MR) is 78.1 cm³/mol. The Bertz CT molecular complexity index is 905. The highest BCUT2D eigenvalue weighted by Gasteiger charge is 2.16. The van der Waals surface area contributed by atoms with Gasteiger partial charge in [-0.25, -0.2) is 9.78 Å². The van der Waals surface area contributed by atoms with Gasteiger partial charge in [0.2, 0.25) is 0 Å². The second-order valence-corrected chi connectivity index (χ2v) is 6.27. The molecular weight excluding hydrogens is 318 g/mol. The van der Waals surface area contributed by atoms with E-state index in [1.165, 1.54) is 36.5 Å². The first-order valence-corrected chi connectivity index (χ1v) is 7.69. The molecule has 0 saturated carbocycles. The number of hydrogen-bond acceptors (Lipinski definition) is 4. The standard InChI is InChI=1S/C12H14F2N4O3S/c1-7(9(13)14)4-22(21)6-18-5-15-10-8(18)11(19)17(3)12(20)16(10)2/h5H,4,6H2,1-3H3. The Morgan fingerprint density at radius 3 is 2.50 bits per heavy atom. The molecule has 10 heteroatoms. The van der Waals surface area contributed by atoms with E-state index >= 15 is 0 Å². The molecule has 2 aromatic heterocycles. The third-order valence-corrected chi connectivity index (χ3v) is 4.52. The lowest BCUT2D eigenvalue weighted by molar-refractivity contribution is 0.412. The molecule has 0 saturated heterocycles. The van der Waals surface area contributed by atoms with Crippen molar-refractivity contribution < 1.29 is 13.0 Å². The van der Waals surface area contributed by atoms with Crippen LogP contribution in [0.2, 0.25) is 0 Å². The molecule has 0 amide bonds. The van der Waals surface area contributed by atoms with Crippen LogP contribution in [0.5, 0.6) is 0 Å². The van der Waals surface area contributed by atoms with Gasteiger partial charge in [0.15, 0.2) is 11.2 Å². The average molecular weight is 332 g/mol. The molecule has 0 aliphatic carbocycles. The Kier molecular flexibility index (Phi) is 4.40. The molecular formula is C12H14F2N4O3S. The number of halogens is 2. The summed E-state index contributed by atoms with van der Waals surface area (Å²) in [6.07, 6.45) is -0.587. The van der Waals surface area contributed by atoms with Gasteiger partial charge < -0.3 is 4.57 Å². The van der Waals surface area contributed by atoms with Gasteiger partial charge in [0.1, 0.15) is 5.88 Å². The largest absolute Gasteiger partial charge is 0.332 e. The molecule has 0 fully saturated rings. The van der Waals surface area contributed by atoms with Crippen LogP contribution in [0.4, 0.5) is 8.78 Å². The monoisotopic (exact) mass is 332 g/mol. The zero-order chi connectivity index (χ0) is 16.6. The average Bonchev–Trinajstić information content (AvgIpc) is 2.86. The minimum Gasteiger partial charge on any atom is -0.312 e. The highest BCUT2D eigenvalue weighted by atomic mass is 32.2. The fourth-order valence-corrected chi connectivity index (χ4v) is 3.18. The summed E-state index contributed by atoms with van der Waals surface area (Å²) in [5, 5.41) is 0. The summed E-state index contributed by atoms with van der Waals surface area (Å²) in [7, 11) is 1.15. The van der Waals surface area contributed by atoms with E-state index in [0.29, 0.717) is 0 Å². The van der Waals surface area contributed by atoms with Crippen molar-refractivity contribution in [3.05, 3.63) is 38.8 Å². The van der Waals surface area contributed by atoms with Crippen LogP contribution in [0.3, 0.4) is 0 Å². The molecule has 0 N–H and O–H groups in total. The van der Waals surface area contributed by atoms with Crippen molar-refractivity contribution in [1.82, 2.24) is 18.7 Å². The summed E-state index contributed by atoms with van der Waals surface area (Å²) in [6.45, 7) is 1.20. The van der Waals surface area contributed by atoms with Crippen molar-refractivity contribution in [2.75, 3.05) is 5.75 Å². The third-order valence-electron chi connectivity index (χ3n) is 3.20. The summed E-state index contributed by atoms with van der Waals surface area (Å²) < 4.78 is 40.1. The zero-order valence-electron chi connectivity index (χ0n) is 12.2. The molecule has 2 aromatic rings. The second-order valence-electron chi connectivity index (χ2n) is 4.85. The van der Waals surface area contributed by atoms with Crippen molar-refractivity contribution in [3.63, 3.8) is 0 Å². The summed E-state index contributed by atoms with van der Waals surface area (Å²) in [5.41, 5.74) is -1.09. The van der Waals surface area contributed by atoms with Crippen LogP contribution in [-0.4, -0.2) is 28.6 Å². The van der Waals surface area contributed by atoms with Gasteiger partial charge in [-0.15, -0.1) is 0 Å². The van der Waals surface area contributed by atoms with E-state index in [-0.39, 0.29) is 28.4 Å². The fourth-order valence-electron chi connectivity index (χ4n) is 1.99. The van der Waals surface area contributed by atoms with Gasteiger partial charge in [0.05, 0.1) is 12.1 Å². The molecule has 120 valence electrons. The minimum atomic E-state index is -1.86. The van der Waals surface area contributed by atoms with Gasteiger partial charge >= 0.3 is 5.69 Å². The summed E-state index contributed by atoms with van der Waals surface area (Å²) >= 11 is 0. The Labute approximate surface area is 126 Å². The van der Waals surface area contributed by atoms with Crippen LogP contribution >= 0.6 is 0 Å². The molecule has 0 aromatic carbocycles. The number of nitrogens with zero attached hydrogens (tertiary/aromatic N) is 4. The van der Waals surface area contributed by atoms with Crippen molar-refractivity contribution in [1.29, 1.82) is 0 Å². The van der Waals surface area contributed by atoms with E-state index in [9.17, 15) is 22.6 Å². The lowest BCUT2D eigenvalue weighted by Gasteiger charge is -2.06. The van der Waals surface area contributed by atoms with Crippen LogP contribution in [0.25, 0.3) is 11.2 Å². The number of rotatable bonds is 4. The van der Waals surface area contributed by atoms with E-state index in [4.69, 9.17) is 0 Å². The smallest absolute Gasteiger partial charge is 0.312 e. The van der Waals surface area contributed by atoms with Crippen LogP contribution in [-0.2, 0) is 30.8 Å². The van der Waals surface area contributed by atoms with E-state index in [2.05, 4.69) is 4.98 Å². The molecule has 2 rings (SSSR count). The van der Waals surface area contributed by atoms with E-state index in [1.54, 1.807) is 0 Å².